The van der Waals surface area contributed by atoms with Gasteiger partial charge in [-0.15, -0.1) is 11.3 Å². The summed E-state index contributed by atoms with van der Waals surface area (Å²) in [6.07, 6.45) is 0. The maximum absolute atomic E-state index is 12.7. The van der Waals surface area contributed by atoms with Crippen LogP contribution in [0.2, 0.25) is 5.02 Å². The topological polar surface area (TPSA) is 68.5 Å². The highest BCUT2D eigenvalue weighted by molar-refractivity contribution is 7.16. The number of furan rings is 1. The molecule has 0 aliphatic carbocycles. The molecule has 7 heteroatoms. The van der Waals surface area contributed by atoms with Gasteiger partial charge < -0.3 is 14.5 Å². The predicted octanol–water partition coefficient (Wildman–Crippen LogP) is 5.11. The Bertz CT molecular complexity index is 1000. The molecule has 1 amide bonds. The van der Waals surface area contributed by atoms with Gasteiger partial charge in [0.05, 0.1) is 12.7 Å². The van der Waals surface area contributed by atoms with E-state index in [0.29, 0.717) is 26.7 Å². The molecule has 0 fully saturated rings. The highest BCUT2D eigenvalue weighted by atomic mass is 35.5. The van der Waals surface area contributed by atoms with Crippen molar-refractivity contribution in [1.29, 1.82) is 0 Å². The number of aryl methyl sites for hydroxylation is 2. The number of carbonyl (C=O) groups excluding carboxylic acids is 2. The number of amides is 1. The summed E-state index contributed by atoms with van der Waals surface area (Å²) in [6, 6.07) is 5.18. The van der Waals surface area contributed by atoms with Crippen molar-refractivity contribution in [3.05, 3.63) is 50.5 Å². The molecule has 0 radical (unpaired) electrons. The van der Waals surface area contributed by atoms with Gasteiger partial charge in [-0.2, -0.15) is 0 Å². The summed E-state index contributed by atoms with van der Waals surface area (Å²) in [5, 5.41) is 4.57. The summed E-state index contributed by atoms with van der Waals surface area (Å²) >= 11 is 7.34. The molecule has 25 heavy (non-hydrogen) atoms. The van der Waals surface area contributed by atoms with E-state index in [0.717, 1.165) is 15.8 Å². The fourth-order valence-electron chi connectivity index (χ4n) is 2.63. The van der Waals surface area contributed by atoms with E-state index in [1.54, 1.807) is 25.1 Å². The number of carbonyl (C=O) groups is 2. The molecule has 3 rings (SSSR count). The first-order chi connectivity index (χ1) is 11.8. The highest BCUT2D eigenvalue weighted by Crippen LogP contribution is 2.34. The van der Waals surface area contributed by atoms with Gasteiger partial charge in [-0.05, 0) is 44.5 Å². The number of hydrogen-bond donors (Lipinski definition) is 1. The Balaban J connectivity index is 2.00. The molecule has 3 aromatic rings. The van der Waals surface area contributed by atoms with E-state index in [-0.39, 0.29) is 5.76 Å². The fourth-order valence-corrected chi connectivity index (χ4v) is 3.85. The summed E-state index contributed by atoms with van der Waals surface area (Å²) in [6.45, 7) is 5.50. The number of anilines is 1. The molecule has 1 aromatic carbocycles. The molecular formula is C18H16ClNO4S. The van der Waals surface area contributed by atoms with Gasteiger partial charge in [0.25, 0.3) is 5.91 Å². The van der Waals surface area contributed by atoms with Crippen LogP contribution in [0.1, 0.15) is 36.9 Å². The zero-order valence-corrected chi connectivity index (χ0v) is 15.7. The lowest BCUT2D eigenvalue weighted by atomic mass is 10.1. The van der Waals surface area contributed by atoms with Crippen LogP contribution in [0.25, 0.3) is 11.0 Å². The number of methoxy groups -OCH3 is 1. The van der Waals surface area contributed by atoms with Gasteiger partial charge >= 0.3 is 5.97 Å². The van der Waals surface area contributed by atoms with Crippen molar-refractivity contribution in [1.82, 2.24) is 0 Å². The lowest BCUT2D eigenvalue weighted by Gasteiger charge is -2.05. The first kappa shape index (κ1) is 17.5. The fraction of sp³-hybridized carbons (Fsp3) is 0.222. The largest absolute Gasteiger partial charge is 0.465 e. The Labute approximate surface area is 153 Å². The molecule has 0 atom stereocenters. The molecule has 1 N–H and O–H groups in total. The second-order valence-corrected chi connectivity index (χ2v) is 7.29. The van der Waals surface area contributed by atoms with E-state index >= 15 is 0 Å². The molecule has 0 saturated carbocycles. The van der Waals surface area contributed by atoms with Gasteiger partial charge in [0.1, 0.15) is 10.6 Å². The Hall–Kier alpha value is -2.31. The van der Waals surface area contributed by atoms with Gasteiger partial charge in [0.15, 0.2) is 5.76 Å². The van der Waals surface area contributed by atoms with Gasteiger partial charge in [0.2, 0.25) is 0 Å². The number of nitrogens with one attached hydrogen (secondary N) is 1. The predicted molar refractivity (Wildman–Crippen MR) is 99.0 cm³/mol. The number of esters is 1. The van der Waals surface area contributed by atoms with E-state index in [1.807, 2.05) is 13.8 Å². The standard InChI is InChI=1S/C18H16ClNO4S/c1-8-10(3)25-17(14(8)18(22)23-4)20-16(21)15-9(2)12-7-11(19)5-6-13(12)24-15/h5-7H,1-4H3,(H,20,21). The summed E-state index contributed by atoms with van der Waals surface area (Å²) in [7, 11) is 1.31. The van der Waals surface area contributed by atoms with Crippen molar-refractivity contribution in [2.45, 2.75) is 20.8 Å². The van der Waals surface area contributed by atoms with E-state index in [1.165, 1.54) is 18.4 Å². The van der Waals surface area contributed by atoms with Gasteiger partial charge in [-0.3, -0.25) is 4.79 Å². The normalized spacial score (nSPS) is 10.9. The summed E-state index contributed by atoms with van der Waals surface area (Å²) < 4.78 is 10.5. The molecular weight excluding hydrogens is 362 g/mol. The van der Waals surface area contributed by atoms with Crippen molar-refractivity contribution in [3.63, 3.8) is 0 Å². The van der Waals surface area contributed by atoms with Crippen molar-refractivity contribution < 1.29 is 18.7 Å². The number of fused-ring (bicyclic) bond motifs is 1. The van der Waals surface area contributed by atoms with Crippen LogP contribution in [0.4, 0.5) is 5.00 Å². The molecule has 0 aliphatic heterocycles. The van der Waals surface area contributed by atoms with Crippen LogP contribution in [0, 0.1) is 20.8 Å². The molecule has 0 saturated heterocycles. The summed E-state index contributed by atoms with van der Waals surface area (Å²) in [5.41, 5.74) is 2.44. The first-order valence-corrected chi connectivity index (χ1v) is 8.71. The van der Waals surface area contributed by atoms with Crippen molar-refractivity contribution in [3.8, 4) is 0 Å². The molecule has 130 valence electrons. The molecule has 2 heterocycles. The maximum atomic E-state index is 12.7. The van der Waals surface area contributed by atoms with Gasteiger partial charge in [-0.1, -0.05) is 11.6 Å². The Morgan fingerprint density at radius 3 is 2.60 bits per heavy atom. The third kappa shape index (κ3) is 3.03. The minimum atomic E-state index is -0.481. The van der Waals surface area contributed by atoms with Crippen molar-refractivity contribution in [2.24, 2.45) is 0 Å². The number of rotatable bonds is 3. The highest BCUT2D eigenvalue weighted by Gasteiger charge is 2.24. The SMILES string of the molecule is COC(=O)c1c(NC(=O)c2oc3ccc(Cl)cc3c2C)sc(C)c1C. The van der Waals surface area contributed by atoms with E-state index in [2.05, 4.69) is 5.32 Å². The average molecular weight is 378 g/mol. The lowest BCUT2D eigenvalue weighted by molar-refractivity contribution is 0.0601. The Morgan fingerprint density at radius 1 is 1.20 bits per heavy atom. The van der Waals surface area contributed by atoms with E-state index < -0.39 is 11.9 Å². The molecule has 0 aliphatic rings. The van der Waals surface area contributed by atoms with Crippen LogP contribution < -0.4 is 5.32 Å². The van der Waals surface area contributed by atoms with Crippen LogP contribution in [-0.2, 0) is 4.74 Å². The van der Waals surface area contributed by atoms with Gasteiger partial charge in [-0.25, -0.2) is 4.79 Å². The first-order valence-electron chi connectivity index (χ1n) is 7.51. The number of halogens is 1. The molecule has 0 spiro atoms. The monoisotopic (exact) mass is 377 g/mol. The van der Waals surface area contributed by atoms with E-state index in [9.17, 15) is 9.59 Å². The molecule has 0 bridgehead atoms. The Kier molecular flexibility index (Phi) is 4.58. The molecule has 5 nitrogen and oxygen atoms in total. The summed E-state index contributed by atoms with van der Waals surface area (Å²) in [4.78, 5) is 25.7. The third-order valence-electron chi connectivity index (χ3n) is 4.11. The van der Waals surface area contributed by atoms with Crippen molar-refractivity contribution in [2.75, 3.05) is 12.4 Å². The average Bonchev–Trinajstić information content (AvgIpc) is 3.04. The van der Waals surface area contributed by atoms with Crippen LogP contribution in [0.15, 0.2) is 22.6 Å². The van der Waals surface area contributed by atoms with Crippen LogP contribution >= 0.6 is 22.9 Å². The number of hydrogen-bond acceptors (Lipinski definition) is 5. The molecule has 2 aromatic heterocycles. The maximum Gasteiger partial charge on any atom is 0.341 e. The number of ether oxygens (including phenoxy) is 1. The third-order valence-corrected chi connectivity index (χ3v) is 5.46. The summed E-state index contributed by atoms with van der Waals surface area (Å²) in [5.74, 6) is -0.710. The zero-order chi connectivity index (χ0) is 18.3. The smallest absolute Gasteiger partial charge is 0.341 e. The quantitative estimate of drug-likeness (QED) is 0.644. The van der Waals surface area contributed by atoms with Crippen LogP contribution in [0.3, 0.4) is 0 Å². The lowest BCUT2D eigenvalue weighted by Crippen LogP contribution is -2.14. The second kappa shape index (κ2) is 6.54. The second-order valence-electron chi connectivity index (χ2n) is 5.63. The molecule has 0 unspecified atom stereocenters. The zero-order valence-electron chi connectivity index (χ0n) is 14.2. The van der Waals surface area contributed by atoms with Crippen LogP contribution in [0.5, 0.6) is 0 Å². The Morgan fingerprint density at radius 2 is 1.92 bits per heavy atom. The minimum absolute atomic E-state index is 0.191. The number of benzene rings is 1. The van der Waals surface area contributed by atoms with Crippen LogP contribution in [-0.4, -0.2) is 19.0 Å². The van der Waals surface area contributed by atoms with E-state index in [4.69, 9.17) is 20.8 Å². The number of thiophene rings is 1. The minimum Gasteiger partial charge on any atom is -0.465 e. The van der Waals surface area contributed by atoms with Gasteiger partial charge in [0, 0.05) is 20.8 Å². The van der Waals surface area contributed by atoms with Crippen molar-refractivity contribution >= 4 is 50.8 Å².